The van der Waals surface area contributed by atoms with Crippen molar-refractivity contribution in [2.45, 2.75) is 24.3 Å². The number of nitrogens with zero attached hydrogens (tertiary/aromatic N) is 2. The van der Waals surface area contributed by atoms with Gasteiger partial charge in [0, 0.05) is 36.2 Å². The Kier molecular flexibility index (Phi) is 6.25. The number of halogens is 2. The average Bonchev–Trinajstić information content (AvgIpc) is 3.19. The van der Waals surface area contributed by atoms with E-state index in [0.717, 1.165) is 18.4 Å². The van der Waals surface area contributed by atoms with Gasteiger partial charge in [0.2, 0.25) is 10.0 Å². The molecular formula is C19H20BrClN2O3S. The van der Waals surface area contributed by atoms with Crippen molar-refractivity contribution in [3.63, 3.8) is 0 Å². The lowest BCUT2D eigenvalue weighted by Gasteiger charge is -2.20. The Morgan fingerprint density at radius 1 is 1.15 bits per heavy atom. The zero-order valence-corrected chi connectivity index (χ0v) is 18.0. The lowest BCUT2D eigenvalue weighted by atomic mass is 10.1. The Morgan fingerprint density at radius 3 is 2.41 bits per heavy atom. The van der Waals surface area contributed by atoms with Gasteiger partial charge in [-0.2, -0.15) is 4.31 Å². The summed E-state index contributed by atoms with van der Waals surface area (Å²) < 4.78 is 27.6. The first kappa shape index (κ1) is 20.3. The van der Waals surface area contributed by atoms with Gasteiger partial charge in [0.1, 0.15) is 0 Å². The van der Waals surface area contributed by atoms with E-state index in [4.69, 9.17) is 11.6 Å². The van der Waals surface area contributed by atoms with Crippen molar-refractivity contribution in [3.8, 4) is 0 Å². The summed E-state index contributed by atoms with van der Waals surface area (Å²) in [6, 6.07) is 11.9. The van der Waals surface area contributed by atoms with Crippen LogP contribution < -0.4 is 0 Å². The van der Waals surface area contributed by atoms with E-state index in [9.17, 15) is 13.2 Å². The van der Waals surface area contributed by atoms with Crippen LogP contribution in [0.5, 0.6) is 0 Å². The van der Waals surface area contributed by atoms with Crippen LogP contribution in [0.2, 0.25) is 5.02 Å². The number of hydrogen-bond acceptors (Lipinski definition) is 3. The molecule has 0 spiro atoms. The lowest BCUT2D eigenvalue weighted by Crippen LogP contribution is -2.29. The van der Waals surface area contributed by atoms with Gasteiger partial charge >= 0.3 is 0 Å². The molecule has 0 radical (unpaired) electrons. The van der Waals surface area contributed by atoms with Crippen LogP contribution in [0.4, 0.5) is 0 Å². The summed E-state index contributed by atoms with van der Waals surface area (Å²) in [5, 5.41) is 0.635. The van der Waals surface area contributed by atoms with E-state index in [0.29, 0.717) is 34.7 Å². The summed E-state index contributed by atoms with van der Waals surface area (Å²) in [6.07, 6.45) is 1.73. The van der Waals surface area contributed by atoms with Crippen molar-refractivity contribution >= 4 is 43.5 Å². The molecule has 0 N–H and O–H groups in total. The molecular weight excluding hydrogens is 452 g/mol. The number of rotatable bonds is 5. The molecule has 1 aliphatic heterocycles. The van der Waals surface area contributed by atoms with E-state index in [1.807, 2.05) is 12.1 Å². The van der Waals surface area contributed by atoms with Crippen molar-refractivity contribution in [1.82, 2.24) is 9.21 Å². The Morgan fingerprint density at radius 2 is 1.78 bits per heavy atom. The highest BCUT2D eigenvalue weighted by Crippen LogP contribution is 2.26. The maximum Gasteiger partial charge on any atom is 0.255 e. The van der Waals surface area contributed by atoms with Gasteiger partial charge < -0.3 is 4.90 Å². The number of carbonyl (C=O) groups excluding carboxylic acids is 1. The molecule has 0 aromatic heterocycles. The monoisotopic (exact) mass is 470 g/mol. The summed E-state index contributed by atoms with van der Waals surface area (Å²) in [4.78, 5) is 14.6. The normalized spacial score (nSPS) is 15.1. The van der Waals surface area contributed by atoms with Crippen LogP contribution in [-0.2, 0) is 16.6 Å². The molecule has 3 rings (SSSR count). The Bertz CT molecular complexity index is 942. The topological polar surface area (TPSA) is 57.7 Å². The van der Waals surface area contributed by atoms with Crippen LogP contribution in [0, 0.1) is 0 Å². The number of benzene rings is 2. The summed E-state index contributed by atoms with van der Waals surface area (Å²) in [5.74, 6) is -0.254. The molecule has 0 unspecified atom stereocenters. The van der Waals surface area contributed by atoms with Crippen LogP contribution in [0.3, 0.4) is 0 Å². The zero-order valence-electron chi connectivity index (χ0n) is 14.9. The largest absolute Gasteiger partial charge is 0.337 e. The highest BCUT2D eigenvalue weighted by molar-refractivity contribution is 9.10. The maximum atomic E-state index is 12.9. The summed E-state index contributed by atoms with van der Waals surface area (Å²) in [6.45, 7) is 1.45. The first-order valence-corrected chi connectivity index (χ1v) is 11.2. The molecule has 2 aromatic carbocycles. The molecule has 1 fully saturated rings. The first-order valence-electron chi connectivity index (χ1n) is 8.58. The predicted octanol–water partition coefficient (Wildman–Crippen LogP) is 4.16. The standard InChI is InChI=1S/C19H20BrClN2O3S/c1-22(13-14-4-6-15(21)7-5-14)19(24)17-12-16(8-9-18(17)20)27(25,26)23-10-2-3-11-23/h4-9,12H,2-3,10-11,13H2,1H3. The average molecular weight is 472 g/mol. The Hall–Kier alpha value is -1.41. The molecule has 0 aliphatic carbocycles. The van der Waals surface area contributed by atoms with E-state index >= 15 is 0 Å². The highest BCUT2D eigenvalue weighted by atomic mass is 79.9. The molecule has 0 atom stereocenters. The molecule has 0 bridgehead atoms. The Labute approximate surface area is 173 Å². The fraction of sp³-hybridized carbons (Fsp3) is 0.316. The molecule has 8 heteroatoms. The molecule has 1 saturated heterocycles. The number of amides is 1. The van der Waals surface area contributed by atoms with E-state index in [1.54, 1.807) is 30.1 Å². The predicted molar refractivity (Wildman–Crippen MR) is 109 cm³/mol. The molecule has 1 amide bonds. The molecule has 2 aromatic rings. The summed E-state index contributed by atoms with van der Waals surface area (Å²) in [5.41, 5.74) is 1.26. The zero-order chi connectivity index (χ0) is 19.6. The van der Waals surface area contributed by atoms with Crippen molar-refractivity contribution < 1.29 is 13.2 Å². The van der Waals surface area contributed by atoms with Crippen molar-refractivity contribution in [2.24, 2.45) is 0 Å². The van der Waals surface area contributed by atoms with Gasteiger partial charge in [0.15, 0.2) is 0 Å². The molecule has 5 nitrogen and oxygen atoms in total. The lowest BCUT2D eigenvalue weighted by molar-refractivity contribution is 0.0784. The van der Waals surface area contributed by atoms with E-state index in [1.165, 1.54) is 16.4 Å². The van der Waals surface area contributed by atoms with Crippen molar-refractivity contribution in [2.75, 3.05) is 20.1 Å². The van der Waals surface area contributed by atoms with Crippen LogP contribution in [-0.4, -0.2) is 43.7 Å². The smallest absolute Gasteiger partial charge is 0.255 e. The third kappa shape index (κ3) is 4.54. The van der Waals surface area contributed by atoms with Gasteiger partial charge in [-0.15, -0.1) is 0 Å². The number of sulfonamides is 1. The van der Waals surface area contributed by atoms with Crippen LogP contribution in [0.15, 0.2) is 51.8 Å². The molecule has 27 heavy (non-hydrogen) atoms. The highest BCUT2D eigenvalue weighted by Gasteiger charge is 2.28. The van der Waals surface area contributed by atoms with Gasteiger partial charge in [0.05, 0.1) is 10.5 Å². The molecule has 1 heterocycles. The minimum Gasteiger partial charge on any atom is -0.337 e. The van der Waals surface area contributed by atoms with E-state index in [2.05, 4.69) is 15.9 Å². The summed E-state index contributed by atoms with van der Waals surface area (Å²) in [7, 11) is -1.89. The van der Waals surface area contributed by atoms with Crippen molar-refractivity contribution in [3.05, 3.63) is 63.1 Å². The van der Waals surface area contributed by atoms with Gasteiger partial charge in [-0.05, 0) is 64.7 Å². The minimum absolute atomic E-state index is 0.149. The second-order valence-electron chi connectivity index (χ2n) is 6.54. The first-order chi connectivity index (χ1) is 12.8. The third-order valence-electron chi connectivity index (χ3n) is 4.55. The maximum absolute atomic E-state index is 12.9. The SMILES string of the molecule is CN(Cc1ccc(Cl)cc1)C(=O)c1cc(S(=O)(=O)N2CCCC2)ccc1Br. The molecule has 144 valence electrons. The quantitative estimate of drug-likeness (QED) is 0.658. The van der Waals surface area contributed by atoms with Crippen LogP contribution in [0.25, 0.3) is 0 Å². The van der Waals surface area contributed by atoms with Gasteiger partial charge in [-0.25, -0.2) is 8.42 Å². The van der Waals surface area contributed by atoms with Crippen molar-refractivity contribution in [1.29, 1.82) is 0 Å². The third-order valence-corrected chi connectivity index (χ3v) is 7.39. The Balaban J connectivity index is 1.84. The number of hydrogen-bond donors (Lipinski definition) is 0. The molecule has 1 aliphatic rings. The van der Waals surface area contributed by atoms with Crippen LogP contribution in [0.1, 0.15) is 28.8 Å². The minimum atomic E-state index is -3.57. The van der Waals surface area contributed by atoms with Gasteiger partial charge in [-0.3, -0.25) is 4.79 Å². The molecule has 0 saturated carbocycles. The second-order valence-corrected chi connectivity index (χ2v) is 9.77. The van der Waals surface area contributed by atoms with Gasteiger partial charge in [0.25, 0.3) is 5.91 Å². The summed E-state index contributed by atoms with van der Waals surface area (Å²) >= 11 is 9.27. The van der Waals surface area contributed by atoms with E-state index in [-0.39, 0.29) is 10.8 Å². The second kappa shape index (κ2) is 8.31. The van der Waals surface area contributed by atoms with Gasteiger partial charge in [-0.1, -0.05) is 23.7 Å². The fourth-order valence-corrected chi connectivity index (χ4v) is 5.13. The fourth-order valence-electron chi connectivity index (χ4n) is 3.05. The number of carbonyl (C=O) groups is 1. The van der Waals surface area contributed by atoms with E-state index < -0.39 is 10.0 Å². The van der Waals surface area contributed by atoms with Crippen LogP contribution >= 0.6 is 27.5 Å².